The standard InChI is InChI=1S/C9H16N2O/c1-11-5-3-9(6-8(11)12)2-4-10-7-9/h10H,2-7H2,1H3. The molecule has 3 heteroatoms. The first kappa shape index (κ1) is 8.05. The lowest BCUT2D eigenvalue weighted by molar-refractivity contribution is -0.135. The van der Waals surface area contributed by atoms with Crippen molar-refractivity contribution in [3.05, 3.63) is 0 Å². The maximum Gasteiger partial charge on any atom is 0.222 e. The van der Waals surface area contributed by atoms with Gasteiger partial charge in [-0.3, -0.25) is 4.79 Å². The number of hydrogen-bond donors (Lipinski definition) is 1. The average molecular weight is 168 g/mol. The molecule has 0 aromatic heterocycles. The Morgan fingerprint density at radius 1 is 1.50 bits per heavy atom. The summed E-state index contributed by atoms with van der Waals surface area (Å²) in [6.07, 6.45) is 3.13. The van der Waals surface area contributed by atoms with Crippen molar-refractivity contribution in [1.82, 2.24) is 10.2 Å². The lowest BCUT2D eigenvalue weighted by atomic mass is 9.77. The molecule has 2 heterocycles. The highest BCUT2D eigenvalue weighted by molar-refractivity contribution is 5.77. The molecular formula is C9H16N2O. The van der Waals surface area contributed by atoms with Crippen molar-refractivity contribution in [1.29, 1.82) is 0 Å². The molecule has 1 spiro atoms. The molecule has 1 atom stereocenters. The quantitative estimate of drug-likeness (QED) is 0.561. The second-order valence-electron chi connectivity index (χ2n) is 4.17. The average Bonchev–Trinajstić information content (AvgIpc) is 2.47. The zero-order valence-corrected chi connectivity index (χ0v) is 7.60. The molecule has 2 rings (SSSR count). The normalized spacial score (nSPS) is 36.4. The molecule has 68 valence electrons. The minimum Gasteiger partial charge on any atom is -0.346 e. The van der Waals surface area contributed by atoms with Gasteiger partial charge in [-0.1, -0.05) is 0 Å². The molecule has 1 N–H and O–H groups in total. The van der Waals surface area contributed by atoms with E-state index in [2.05, 4.69) is 5.32 Å². The van der Waals surface area contributed by atoms with Crippen molar-refractivity contribution in [2.24, 2.45) is 5.41 Å². The zero-order chi connectivity index (χ0) is 8.60. The van der Waals surface area contributed by atoms with Gasteiger partial charge in [0.05, 0.1) is 0 Å². The van der Waals surface area contributed by atoms with Gasteiger partial charge in [-0.15, -0.1) is 0 Å². The number of amides is 1. The second kappa shape index (κ2) is 2.73. The Labute approximate surface area is 73.1 Å². The Morgan fingerprint density at radius 2 is 2.33 bits per heavy atom. The van der Waals surface area contributed by atoms with E-state index < -0.39 is 0 Å². The lowest BCUT2D eigenvalue weighted by Gasteiger charge is -2.36. The highest BCUT2D eigenvalue weighted by Gasteiger charge is 2.39. The Morgan fingerprint density at radius 3 is 2.92 bits per heavy atom. The third-order valence-corrected chi connectivity index (χ3v) is 3.26. The minimum absolute atomic E-state index is 0.323. The van der Waals surface area contributed by atoms with E-state index in [1.807, 2.05) is 11.9 Å². The predicted molar refractivity (Wildman–Crippen MR) is 46.8 cm³/mol. The number of piperidine rings is 1. The van der Waals surface area contributed by atoms with Crippen molar-refractivity contribution in [3.8, 4) is 0 Å². The number of carbonyl (C=O) groups is 1. The Bertz CT molecular complexity index is 197. The van der Waals surface area contributed by atoms with Crippen LogP contribution in [0.4, 0.5) is 0 Å². The summed E-state index contributed by atoms with van der Waals surface area (Å²) in [6, 6.07) is 0. The monoisotopic (exact) mass is 168 g/mol. The molecule has 2 fully saturated rings. The van der Waals surface area contributed by atoms with Crippen molar-refractivity contribution in [2.75, 3.05) is 26.7 Å². The van der Waals surface area contributed by atoms with Crippen molar-refractivity contribution < 1.29 is 4.79 Å². The van der Waals surface area contributed by atoms with Crippen LogP contribution in [-0.4, -0.2) is 37.5 Å². The van der Waals surface area contributed by atoms with Gasteiger partial charge >= 0.3 is 0 Å². The van der Waals surface area contributed by atoms with Crippen LogP contribution in [0, 0.1) is 5.41 Å². The number of likely N-dealkylation sites (tertiary alicyclic amines) is 1. The first-order valence-electron chi connectivity index (χ1n) is 4.67. The maximum absolute atomic E-state index is 11.5. The minimum atomic E-state index is 0.323. The lowest BCUT2D eigenvalue weighted by Crippen LogP contribution is -2.42. The number of nitrogens with one attached hydrogen (secondary N) is 1. The van der Waals surface area contributed by atoms with Crippen LogP contribution in [0.25, 0.3) is 0 Å². The molecule has 0 aliphatic carbocycles. The summed E-state index contributed by atoms with van der Waals surface area (Å²) in [6.45, 7) is 3.09. The summed E-state index contributed by atoms with van der Waals surface area (Å²) >= 11 is 0. The van der Waals surface area contributed by atoms with Gasteiger partial charge in [0.25, 0.3) is 0 Å². The van der Waals surface area contributed by atoms with Gasteiger partial charge in [0.2, 0.25) is 5.91 Å². The molecule has 0 saturated carbocycles. The molecular weight excluding hydrogens is 152 g/mol. The highest BCUT2D eigenvalue weighted by atomic mass is 16.2. The van der Waals surface area contributed by atoms with Crippen LogP contribution in [-0.2, 0) is 4.79 Å². The predicted octanol–water partition coefficient (Wildman–Crippen LogP) is 0.218. The van der Waals surface area contributed by atoms with Crippen LogP contribution in [0.5, 0.6) is 0 Å². The largest absolute Gasteiger partial charge is 0.346 e. The molecule has 0 aromatic rings. The molecule has 0 bridgehead atoms. The molecule has 0 radical (unpaired) electrons. The molecule has 1 amide bonds. The van der Waals surface area contributed by atoms with E-state index in [1.165, 1.54) is 12.8 Å². The van der Waals surface area contributed by atoms with Crippen molar-refractivity contribution in [2.45, 2.75) is 19.3 Å². The Balaban J connectivity index is 2.06. The maximum atomic E-state index is 11.5. The van der Waals surface area contributed by atoms with E-state index in [1.54, 1.807) is 0 Å². The van der Waals surface area contributed by atoms with E-state index in [9.17, 15) is 4.79 Å². The Hall–Kier alpha value is -0.570. The van der Waals surface area contributed by atoms with Gasteiger partial charge in [-0.25, -0.2) is 0 Å². The van der Waals surface area contributed by atoms with Gasteiger partial charge in [0.15, 0.2) is 0 Å². The molecule has 12 heavy (non-hydrogen) atoms. The molecule has 3 nitrogen and oxygen atoms in total. The summed E-state index contributed by atoms with van der Waals surface area (Å²) in [5, 5.41) is 3.35. The first-order chi connectivity index (χ1) is 5.72. The first-order valence-corrected chi connectivity index (χ1v) is 4.67. The van der Waals surface area contributed by atoms with Crippen LogP contribution < -0.4 is 5.32 Å². The van der Waals surface area contributed by atoms with Gasteiger partial charge in [-0.2, -0.15) is 0 Å². The Kier molecular flexibility index (Phi) is 1.83. The van der Waals surface area contributed by atoms with Gasteiger partial charge in [0, 0.05) is 26.6 Å². The number of carbonyl (C=O) groups excluding carboxylic acids is 1. The number of rotatable bonds is 0. The summed E-state index contributed by atoms with van der Waals surface area (Å²) < 4.78 is 0. The molecule has 2 aliphatic rings. The highest BCUT2D eigenvalue weighted by Crippen LogP contribution is 2.36. The fourth-order valence-corrected chi connectivity index (χ4v) is 2.23. The third-order valence-electron chi connectivity index (χ3n) is 3.26. The van der Waals surface area contributed by atoms with Crippen LogP contribution in [0.3, 0.4) is 0 Å². The van der Waals surface area contributed by atoms with Gasteiger partial charge in [-0.05, 0) is 24.8 Å². The van der Waals surface area contributed by atoms with Crippen LogP contribution >= 0.6 is 0 Å². The van der Waals surface area contributed by atoms with E-state index in [4.69, 9.17) is 0 Å². The van der Waals surface area contributed by atoms with Crippen LogP contribution in [0.2, 0.25) is 0 Å². The molecule has 1 unspecified atom stereocenters. The van der Waals surface area contributed by atoms with Crippen LogP contribution in [0.1, 0.15) is 19.3 Å². The molecule has 0 aromatic carbocycles. The van der Waals surface area contributed by atoms with E-state index in [-0.39, 0.29) is 0 Å². The topological polar surface area (TPSA) is 32.3 Å². The van der Waals surface area contributed by atoms with Crippen molar-refractivity contribution >= 4 is 5.91 Å². The fraction of sp³-hybridized carbons (Fsp3) is 0.889. The van der Waals surface area contributed by atoms with E-state index >= 15 is 0 Å². The molecule has 2 saturated heterocycles. The van der Waals surface area contributed by atoms with Crippen LogP contribution in [0.15, 0.2) is 0 Å². The summed E-state index contributed by atoms with van der Waals surface area (Å²) in [4.78, 5) is 13.3. The SMILES string of the molecule is CN1CCC2(CCNC2)CC1=O. The number of nitrogens with zero attached hydrogens (tertiary/aromatic N) is 1. The van der Waals surface area contributed by atoms with Gasteiger partial charge < -0.3 is 10.2 Å². The van der Waals surface area contributed by atoms with Crippen molar-refractivity contribution in [3.63, 3.8) is 0 Å². The summed E-state index contributed by atoms with van der Waals surface area (Å²) in [5.41, 5.74) is 0.323. The summed E-state index contributed by atoms with van der Waals surface area (Å²) in [7, 11) is 1.90. The van der Waals surface area contributed by atoms with E-state index in [0.29, 0.717) is 11.3 Å². The van der Waals surface area contributed by atoms with Gasteiger partial charge in [0.1, 0.15) is 0 Å². The van der Waals surface area contributed by atoms with E-state index in [0.717, 1.165) is 26.1 Å². The number of hydrogen-bond acceptors (Lipinski definition) is 2. The molecule has 2 aliphatic heterocycles. The third kappa shape index (κ3) is 1.22. The smallest absolute Gasteiger partial charge is 0.222 e. The zero-order valence-electron chi connectivity index (χ0n) is 7.60. The second-order valence-corrected chi connectivity index (χ2v) is 4.17. The summed E-state index contributed by atoms with van der Waals surface area (Å²) in [5.74, 6) is 0.324. The fourth-order valence-electron chi connectivity index (χ4n) is 2.23.